The van der Waals surface area contributed by atoms with Crippen LogP contribution in [0.3, 0.4) is 0 Å². The molecule has 146 valence electrons. The van der Waals surface area contributed by atoms with Crippen molar-refractivity contribution in [1.82, 2.24) is 0 Å². The van der Waals surface area contributed by atoms with Gasteiger partial charge in [-0.3, -0.25) is 0 Å². The molecule has 27 heavy (non-hydrogen) atoms. The number of hydrogen-bond acceptors (Lipinski definition) is 0. The van der Waals surface area contributed by atoms with Crippen molar-refractivity contribution >= 4 is 17.7 Å². The molecule has 0 nitrogen and oxygen atoms in total. The van der Waals surface area contributed by atoms with Crippen molar-refractivity contribution in [3.05, 3.63) is 76.3 Å². The molecule has 2 aromatic carbocycles. The first-order valence-electron chi connectivity index (χ1n) is 10.7. The lowest BCUT2D eigenvalue weighted by Crippen LogP contribution is -1.89. The van der Waals surface area contributed by atoms with Crippen LogP contribution in [0.5, 0.6) is 0 Å². The maximum atomic E-state index is 5.97. The number of unbranched alkanes of at least 4 members (excludes halogenated alkanes) is 7. The Bertz CT molecular complexity index is 652. The summed E-state index contributed by atoms with van der Waals surface area (Å²) in [6.45, 7) is 4.50. The zero-order valence-corrected chi connectivity index (χ0v) is 17.8. The van der Waals surface area contributed by atoms with Crippen LogP contribution in [0.4, 0.5) is 0 Å². The quantitative estimate of drug-likeness (QED) is 0.321. The highest BCUT2D eigenvalue weighted by Crippen LogP contribution is 2.20. The van der Waals surface area contributed by atoms with Crippen molar-refractivity contribution < 1.29 is 0 Å². The molecule has 0 fully saturated rings. The predicted molar refractivity (Wildman–Crippen MR) is 122 cm³/mol. The molecule has 0 heterocycles. The molecule has 0 bridgehead atoms. The van der Waals surface area contributed by atoms with E-state index in [1.165, 1.54) is 74.5 Å². The topological polar surface area (TPSA) is 0 Å². The minimum absolute atomic E-state index is 0.388. The van der Waals surface area contributed by atoms with Gasteiger partial charge in [0.25, 0.3) is 0 Å². The molecule has 1 atom stereocenters. The normalized spacial score (nSPS) is 12.6. The average molecular weight is 383 g/mol. The largest absolute Gasteiger partial charge is 0.0843 e. The van der Waals surface area contributed by atoms with E-state index < -0.39 is 0 Å². The highest BCUT2D eigenvalue weighted by atomic mass is 35.5. The molecule has 0 aromatic heterocycles. The zero-order valence-electron chi connectivity index (χ0n) is 17.1. The Morgan fingerprint density at radius 3 is 2.00 bits per heavy atom. The van der Waals surface area contributed by atoms with Crippen molar-refractivity contribution in [3.8, 4) is 0 Å². The van der Waals surface area contributed by atoms with E-state index in [1.807, 2.05) is 12.1 Å². The van der Waals surface area contributed by atoms with Crippen LogP contribution in [-0.2, 0) is 6.42 Å². The van der Waals surface area contributed by atoms with Gasteiger partial charge >= 0.3 is 0 Å². The molecule has 0 aliphatic rings. The molecule has 2 aromatic rings. The predicted octanol–water partition coefficient (Wildman–Crippen LogP) is 8.84. The van der Waals surface area contributed by atoms with Crippen LogP contribution in [0.25, 0.3) is 6.08 Å². The summed E-state index contributed by atoms with van der Waals surface area (Å²) in [7, 11) is 0. The first-order valence-corrected chi connectivity index (χ1v) is 11.1. The standard InChI is InChI=1S/C26H35Cl/c1-3-4-5-6-7-8-9-10-11-23-14-16-24(17-15-23)13-12-22(2)25-18-20-26(27)21-19-25/h12-22H,3-11H2,1-2H3. The van der Waals surface area contributed by atoms with E-state index in [-0.39, 0.29) is 0 Å². The lowest BCUT2D eigenvalue weighted by molar-refractivity contribution is 0.575. The Balaban J connectivity index is 1.69. The van der Waals surface area contributed by atoms with E-state index in [9.17, 15) is 0 Å². The van der Waals surface area contributed by atoms with Crippen LogP contribution in [0.15, 0.2) is 54.6 Å². The van der Waals surface area contributed by atoms with E-state index in [1.54, 1.807) is 0 Å². The van der Waals surface area contributed by atoms with Crippen LogP contribution in [0.2, 0.25) is 5.02 Å². The van der Waals surface area contributed by atoms with E-state index in [4.69, 9.17) is 11.6 Å². The second-order valence-electron chi connectivity index (χ2n) is 7.67. The lowest BCUT2D eigenvalue weighted by Gasteiger charge is -2.07. The van der Waals surface area contributed by atoms with Crippen molar-refractivity contribution in [2.45, 2.75) is 77.6 Å². The zero-order chi connectivity index (χ0) is 19.3. The fourth-order valence-corrected chi connectivity index (χ4v) is 3.52. The first kappa shape index (κ1) is 21.8. The molecule has 0 spiro atoms. The summed E-state index contributed by atoms with van der Waals surface area (Å²) in [5.74, 6) is 0.388. The molecule has 0 saturated carbocycles. The Kier molecular flexibility index (Phi) is 10.3. The van der Waals surface area contributed by atoms with E-state index in [0.29, 0.717) is 5.92 Å². The number of halogens is 1. The SMILES string of the molecule is CCCCCCCCCCc1ccc(C=CC(C)c2ccc(Cl)cc2)cc1. The molecule has 0 amide bonds. The Hall–Kier alpha value is -1.53. The number of hydrogen-bond donors (Lipinski definition) is 0. The Morgan fingerprint density at radius 1 is 0.778 bits per heavy atom. The summed E-state index contributed by atoms with van der Waals surface area (Å²) in [6, 6.07) is 17.2. The summed E-state index contributed by atoms with van der Waals surface area (Å²) in [4.78, 5) is 0. The summed E-state index contributed by atoms with van der Waals surface area (Å²) >= 11 is 5.97. The Labute approximate surface area is 171 Å². The number of allylic oxidation sites excluding steroid dienone is 1. The van der Waals surface area contributed by atoms with Gasteiger partial charge in [-0.15, -0.1) is 0 Å². The van der Waals surface area contributed by atoms with Gasteiger partial charge in [0.2, 0.25) is 0 Å². The third kappa shape index (κ3) is 8.80. The fraction of sp³-hybridized carbons (Fsp3) is 0.462. The number of benzene rings is 2. The summed E-state index contributed by atoms with van der Waals surface area (Å²) in [6.07, 6.45) is 16.8. The van der Waals surface area contributed by atoms with Gasteiger partial charge in [0.05, 0.1) is 0 Å². The van der Waals surface area contributed by atoms with E-state index >= 15 is 0 Å². The molecule has 1 unspecified atom stereocenters. The van der Waals surface area contributed by atoms with Gasteiger partial charge < -0.3 is 0 Å². The minimum Gasteiger partial charge on any atom is -0.0843 e. The molecule has 0 aliphatic heterocycles. The van der Waals surface area contributed by atoms with Gasteiger partial charge in [0.1, 0.15) is 0 Å². The third-order valence-corrected chi connectivity index (χ3v) is 5.52. The number of rotatable bonds is 12. The van der Waals surface area contributed by atoms with Gasteiger partial charge in [-0.2, -0.15) is 0 Å². The van der Waals surface area contributed by atoms with Gasteiger partial charge in [0, 0.05) is 5.02 Å². The fourth-order valence-electron chi connectivity index (χ4n) is 3.39. The molecule has 0 saturated heterocycles. The number of aryl methyl sites for hydroxylation is 1. The van der Waals surface area contributed by atoms with E-state index in [2.05, 4.69) is 62.4 Å². The molecule has 2 rings (SSSR count). The van der Waals surface area contributed by atoms with Gasteiger partial charge in [-0.05, 0) is 47.6 Å². The average Bonchev–Trinajstić information content (AvgIpc) is 2.69. The van der Waals surface area contributed by atoms with Crippen molar-refractivity contribution in [2.75, 3.05) is 0 Å². The van der Waals surface area contributed by atoms with Gasteiger partial charge in [-0.1, -0.05) is 119 Å². The van der Waals surface area contributed by atoms with Gasteiger partial charge in [0.15, 0.2) is 0 Å². The third-order valence-electron chi connectivity index (χ3n) is 5.27. The maximum absolute atomic E-state index is 5.97. The second-order valence-corrected chi connectivity index (χ2v) is 8.10. The van der Waals surface area contributed by atoms with Crippen LogP contribution in [0, 0.1) is 0 Å². The van der Waals surface area contributed by atoms with Gasteiger partial charge in [-0.25, -0.2) is 0 Å². The summed E-state index contributed by atoms with van der Waals surface area (Å²) in [5.41, 5.74) is 4.03. The molecule has 1 heteroatoms. The minimum atomic E-state index is 0.388. The summed E-state index contributed by atoms with van der Waals surface area (Å²) < 4.78 is 0. The lowest BCUT2D eigenvalue weighted by atomic mass is 9.99. The van der Waals surface area contributed by atoms with Crippen LogP contribution in [0.1, 0.15) is 87.8 Å². The monoisotopic (exact) mass is 382 g/mol. The van der Waals surface area contributed by atoms with Crippen molar-refractivity contribution in [1.29, 1.82) is 0 Å². The van der Waals surface area contributed by atoms with Crippen LogP contribution < -0.4 is 0 Å². The summed E-state index contributed by atoms with van der Waals surface area (Å²) in [5, 5.41) is 0.794. The van der Waals surface area contributed by atoms with E-state index in [0.717, 1.165) is 5.02 Å². The van der Waals surface area contributed by atoms with Crippen molar-refractivity contribution in [2.24, 2.45) is 0 Å². The molecule has 0 aliphatic carbocycles. The van der Waals surface area contributed by atoms with Crippen molar-refractivity contribution in [3.63, 3.8) is 0 Å². The molecule has 0 N–H and O–H groups in total. The smallest absolute Gasteiger partial charge is 0.0406 e. The molecular weight excluding hydrogens is 348 g/mol. The molecular formula is C26H35Cl. The highest BCUT2D eigenvalue weighted by Gasteiger charge is 2.01. The molecule has 0 radical (unpaired) electrons. The second kappa shape index (κ2) is 12.8. The first-order chi connectivity index (χ1) is 13.2. The van der Waals surface area contributed by atoms with Crippen LogP contribution >= 0.6 is 11.6 Å². The van der Waals surface area contributed by atoms with Crippen LogP contribution in [-0.4, -0.2) is 0 Å². The highest BCUT2D eigenvalue weighted by molar-refractivity contribution is 6.30. The Morgan fingerprint density at radius 2 is 1.37 bits per heavy atom. The maximum Gasteiger partial charge on any atom is 0.0406 e.